The van der Waals surface area contributed by atoms with E-state index in [1.54, 1.807) is 0 Å². The van der Waals surface area contributed by atoms with Gasteiger partial charge in [0.05, 0.1) is 1.37 Å². The van der Waals surface area contributed by atoms with Gasteiger partial charge in [0.25, 0.3) is 0 Å². The van der Waals surface area contributed by atoms with E-state index in [4.69, 9.17) is 6.48 Å². The average molecular weight is 225 g/mol. The van der Waals surface area contributed by atoms with E-state index < -0.39 is 5.97 Å². The van der Waals surface area contributed by atoms with Gasteiger partial charge in [0.1, 0.15) is 0 Å². The minimum atomic E-state index is -0.700. The average Bonchev–Trinajstić information content (AvgIpc) is 2.29. The third kappa shape index (κ3) is 12.9. The van der Waals surface area contributed by atoms with Gasteiger partial charge in [0.2, 0.25) is 0 Å². The third-order valence-electron chi connectivity index (χ3n) is 2.31. The molecular weight excluding hydrogens is 200 g/mol. The van der Waals surface area contributed by atoms with Gasteiger partial charge in [0.15, 0.2) is 0 Å². The van der Waals surface area contributed by atoms with Crippen LogP contribution >= 0.6 is 0 Å². The molecule has 0 atom stereocenters. The molecule has 0 rings (SSSR count). The van der Waals surface area contributed by atoms with E-state index in [1.165, 1.54) is 0 Å². The van der Waals surface area contributed by atoms with Gasteiger partial charge >= 0.3 is 5.97 Å². The fraction of sp³-hybridized carbons (Fsp3) is 0.643. The maximum atomic E-state index is 10.3. The molecule has 2 nitrogen and oxygen atoms in total. The second-order valence-corrected chi connectivity index (χ2v) is 3.88. The molecule has 92 valence electrons. The number of carboxylic acid groups (broad SMARTS) is 1. The van der Waals surface area contributed by atoms with Crippen LogP contribution in [0, 0.1) is 0 Å². The lowest BCUT2D eigenvalue weighted by molar-refractivity contribution is -0.137. The van der Waals surface area contributed by atoms with Gasteiger partial charge in [-0.1, -0.05) is 50.5 Å². The topological polar surface area (TPSA) is 37.3 Å². The van der Waals surface area contributed by atoms with Crippen LogP contribution in [0.15, 0.2) is 24.3 Å². The number of unbranched alkanes of at least 4 members (excludes halogenated alkanes) is 5. The number of rotatable bonds is 10. The molecule has 0 bridgehead atoms. The molecule has 0 aromatic rings. The summed E-state index contributed by atoms with van der Waals surface area (Å²) in [6.07, 6.45) is 13.1. The van der Waals surface area contributed by atoms with Gasteiger partial charge in [0, 0.05) is 6.42 Å². The molecule has 0 aromatic heterocycles. The summed E-state index contributed by atoms with van der Waals surface area (Å²) in [6.45, 7) is 2.06. The van der Waals surface area contributed by atoms with Crippen LogP contribution in [-0.2, 0) is 4.79 Å². The molecule has 0 saturated carbocycles. The Balaban J connectivity index is 3.34. The van der Waals surface area contributed by atoms with Crippen molar-refractivity contribution in [2.75, 3.05) is 0 Å². The van der Waals surface area contributed by atoms with Crippen molar-refractivity contribution in [1.82, 2.24) is 0 Å². The van der Waals surface area contributed by atoms with Crippen molar-refractivity contribution in [3.05, 3.63) is 24.3 Å². The zero-order chi connectivity index (χ0) is 12.9. The van der Waals surface area contributed by atoms with Crippen LogP contribution in [0.25, 0.3) is 0 Å². The normalized spacial score (nSPS) is 13.1. The number of allylic oxidation sites excluding steroid dienone is 4. The minimum absolute atomic E-state index is 0.290. The zero-order valence-corrected chi connectivity index (χ0v) is 10.2. The largest absolute Gasteiger partial charge is 0.481 e. The van der Waals surface area contributed by atoms with Crippen LogP contribution in [0.1, 0.15) is 59.7 Å². The Morgan fingerprint density at radius 3 is 2.56 bits per heavy atom. The van der Waals surface area contributed by atoms with E-state index in [0.717, 1.165) is 44.9 Å². The lowest BCUT2D eigenvalue weighted by Crippen LogP contribution is -1.93. The molecule has 0 fully saturated rings. The monoisotopic (exact) mass is 225 g/mol. The molecule has 0 saturated heterocycles. The summed E-state index contributed by atoms with van der Waals surface area (Å²) in [5.41, 5.74) is 0. The van der Waals surface area contributed by atoms with Gasteiger partial charge in [-0.15, -0.1) is 0 Å². The highest BCUT2D eigenvalue weighted by Crippen LogP contribution is 2.07. The Morgan fingerprint density at radius 2 is 1.88 bits per heavy atom. The van der Waals surface area contributed by atoms with Crippen LogP contribution in [0.4, 0.5) is 0 Å². The van der Waals surface area contributed by atoms with Crippen molar-refractivity contribution in [3.63, 3.8) is 0 Å². The standard InChI is InChI=1S/C14H24O2/c1-2-3-4-5-6-7-8-9-10-11-12-13-14(15)16/h3-6H,2,7-13H2,1H3,(H,15,16)/b4-3+,6-5-/i5D. The van der Waals surface area contributed by atoms with Crippen molar-refractivity contribution < 1.29 is 11.3 Å². The highest BCUT2D eigenvalue weighted by atomic mass is 16.4. The minimum Gasteiger partial charge on any atom is -0.481 e. The Labute approximate surface area is 100 Å². The summed E-state index contributed by atoms with van der Waals surface area (Å²) < 4.78 is 7.58. The van der Waals surface area contributed by atoms with Crippen LogP contribution in [0.5, 0.6) is 0 Å². The number of hydrogen-bond donors (Lipinski definition) is 1. The number of hydrogen-bond acceptors (Lipinski definition) is 1. The first kappa shape index (κ1) is 13.0. The first-order chi connectivity index (χ1) is 8.16. The maximum absolute atomic E-state index is 10.3. The van der Waals surface area contributed by atoms with E-state index >= 15 is 0 Å². The smallest absolute Gasteiger partial charge is 0.303 e. The molecule has 0 radical (unpaired) electrons. The zero-order valence-electron chi connectivity index (χ0n) is 11.2. The van der Waals surface area contributed by atoms with E-state index in [2.05, 4.69) is 6.92 Å². The fourth-order valence-corrected chi connectivity index (χ4v) is 1.39. The molecule has 0 amide bonds. The van der Waals surface area contributed by atoms with Crippen molar-refractivity contribution in [1.29, 1.82) is 0 Å². The molecule has 0 aliphatic rings. The molecule has 0 spiro atoms. The van der Waals surface area contributed by atoms with Crippen LogP contribution < -0.4 is 0 Å². The number of aliphatic carboxylic acids is 1. The molecule has 0 heterocycles. The molecule has 0 aromatic carbocycles. The Hall–Kier alpha value is -1.05. The van der Waals surface area contributed by atoms with Crippen molar-refractivity contribution in [3.8, 4) is 0 Å². The molecule has 2 heteroatoms. The lowest BCUT2D eigenvalue weighted by Gasteiger charge is -1.97. The summed E-state index contributed by atoms with van der Waals surface area (Å²) in [4.78, 5) is 10.3. The second kappa shape index (κ2) is 12.0. The lowest BCUT2D eigenvalue weighted by atomic mass is 10.1. The van der Waals surface area contributed by atoms with Crippen LogP contribution in [-0.4, -0.2) is 11.1 Å². The van der Waals surface area contributed by atoms with Crippen LogP contribution in [0.3, 0.4) is 0 Å². The summed E-state index contributed by atoms with van der Waals surface area (Å²) in [5.74, 6) is -0.700. The Kier molecular flexibility index (Phi) is 9.78. The predicted octanol–water partition coefficient (Wildman–Crippen LogP) is 4.32. The molecule has 16 heavy (non-hydrogen) atoms. The molecular formula is C14H24O2. The number of carbonyl (C=O) groups is 1. The molecule has 0 unspecified atom stereocenters. The van der Waals surface area contributed by atoms with Gasteiger partial charge in [-0.3, -0.25) is 4.79 Å². The highest BCUT2D eigenvalue weighted by molar-refractivity contribution is 5.66. The van der Waals surface area contributed by atoms with E-state index in [9.17, 15) is 4.79 Å². The maximum Gasteiger partial charge on any atom is 0.303 e. The number of carboxylic acids is 1. The first-order valence-electron chi connectivity index (χ1n) is 6.72. The summed E-state index contributed by atoms with van der Waals surface area (Å²) >= 11 is 0. The fourth-order valence-electron chi connectivity index (χ4n) is 1.39. The van der Waals surface area contributed by atoms with Gasteiger partial charge in [-0.25, -0.2) is 0 Å². The van der Waals surface area contributed by atoms with E-state index in [-0.39, 0.29) is 0 Å². The van der Waals surface area contributed by atoms with Crippen molar-refractivity contribution in [2.24, 2.45) is 0 Å². The van der Waals surface area contributed by atoms with E-state index in [0.29, 0.717) is 12.5 Å². The first-order valence-corrected chi connectivity index (χ1v) is 6.22. The summed E-state index contributed by atoms with van der Waals surface area (Å²) in [6, 6.07) is 0.595. The molecule has 0 aliphatic heterocycles. The predicted molar refractivity (Wildman–Crippen MR) is 68.5 cm³/mol. The van der Waals surface area contributed by atoms with Gasteiger partial charge in [-0.2, -0.15) is 0 Å². The Bertz CT molecular complexity index is 257. The molecule has 0 aliphatic carbocycles. The van der Waals surface area contributed by atoms with Gasteiger partial charge < -0.3 is 5.11 Å². The Morgan fingerprint density at radius 1 is 1.19 bits per heavy atom. The van der Waals surface area contributed by atoms with Crippen LogP contribution in [0.2, 0.25) is 0 Å². The summed E-state index contributed by atoms with van der Waals surface area (Å²) in [7, 11) is 0. The highest BCUT2D eigenvalue weighted by Gasteiger charge is 1.95. The SMILES string of the molecule is [2H]C(=C/CCCCCCCC(=O)O)/C=C/CC. The molecule has 1 N–H and O–H groups in total. The van der Waals surface area contributed by atoms with Crippen molar-refractivity contribution in [2.45, 2.75) is 58.3 Å². The van der Waals surface area contributed by atoms with E-state index in [1.807, 2.05) is 18.2 Å². The van der Waals surface area contributed by atoms with Gasteiger partial charge in [-0.05, 0) is 25.7 Å². The third-order valence-corrected chi connectivity index (χ3v) is 2.31. The summed E-state index contributed by atoms with van der Waals surface area (Å²) in [5, 5.41) is 8.45. The van der Waals surface area contributed by atoms with Crippen molar-refractivity contribution >= 4 is 5.97 Å². The second-order valence-electron chi connectivity index (χ2n) is 3.88. The quantitative estimate of drug-likeness (QED) is 0.444.